The van der Waals surface area contributed by atoms with E-state index in [2.05, 4.69) is 0 Å². The van der Waals surface area contributed by atoms with Gasteiger partial charge in [0.05, 0.1) is 6.42 Å². The van der Waals surface area contributed by atoms with Crippen molar-refractivity contribution in [2.75, 3.05) is 0 Å². The number of carbonyl (C=O) groups is 2. The van der Waals surface area contributed by atoms with Gasteiger partial charge in [0.2, 0.25) is 0 Å². The van der Waals surface area contributed by atoms with Gasteiger partial charge in [0.25, 0.3) is 0 Å². The van der Waals surface area contributed by atoms with Crippen molar-refractivity contribution in [2.24, 2.45) is 0 Å². The molecule has 13 heavy (non-hydrogen) atoms. The Kier molecular flexibility index (Phi) is 5.27. The molecule has 0 aromatic heterocycles. The number of hydrogen-bond acceptors (Lipinski definition) is 2. The van der Waals surface area contributed by atoms with Crippen LogP contribution in [0.4, 0.5) is 0 Å². The Morgan fingerprint density at radius 1 is 1.31 bits per heavy atom. The molecule has 0 aromatic carbocycles. The smallest absolute Gasteiger partial charge is 0.332 e. The predicted molar refractivity (Wildman–Crippen MR) is 47.4 cm³/mol. The van der Waals surface area contributed by atoms with E-state index in [0.29, 0.717) is 0 Å². The fourth-order valence-electron chi connectivity index (χ4n) is 0.689. The summed E-state index contributed by atoms with van der Waals surface area (Å²) in [6.07, 6.45) is 4.94. The maximum atomic E-state index is 10.5. The van der Waals surface area contributed by atoms with Gasteiger partial charge in [-0.15, -0.1) is 0 Å². The summed E-state index contributed by atoms with van der Waals surface area (Å²) in [5.41, 5.74) is -0.114. The topological polar surface area (TPSA) is 74.6 Å². The van der Waals surface area contributed by atoms with Crippen molar-refractivity contribution in [3.05, 3.63) is 23.8 Å². The lowest BCUT2D eigenvalue weighted by Gasteiger charge is -1.94. The summed E-state index contributed by atoms with van der Waals surface area (Å²) in [4.78, 5) is 20.7. The Morgan fingerprint density at radius 3 is 2.31 bits per heavy atom. The molecule has 0 heterocycles. The molecule has 0 unspecified atom stereocenters. The summed E-state index contributed by atoms with van der Waals surface area (Å²) < 4.78 is 0. The molecule has 0 spiro atoms. The average Bonchev–Trinajstić information content (AvgIpc) is 2.02. The molecule has 0 atom stereocenters. The van der Waals surface area contributed by atoms with E-state index in [9.17, 15) is 9.59 Å². The normalized spacial score (nSPS) is 11.9. The lowest BCUT2D eigenvalue weighted by Crippen LogP contribution is -2.06. The number of carboxylic acid groups (broad SMARTS) is 2. The lowest BCUT2D eigenvalue weighted by molar-refractivity contribution is -0.139. The molecule has 0 amide bonds. The van der Waals surface area contributed by atoms with E-state index in [4.69, 9.17) is 10.2 Å². The highest BCUT2D eigenvalue weighted by molar-refractivity contribution is 5.92. The number of rotatable bonds is 5. The average molecular weight is 184 g/mol. The summed E-state index contributed by atoms with van der Waals surface area (Å²) >= 11 is 0. The molecule has 0 saturated heterocycles. The highest BCUT2D eigenvalue weighted by atomic mass is 16.4. The van der Waals surface area contributed by atoms with Crippen LogP contribution in [0.1, 0.15) is 19.8 Å². The molecule has 4 nitrogen and oxygen atoms in total. The zero-order chi connectivity index (χ0) is 10.3. The Morgan fingerprint density at radius 2 is 1.92 bits per heavy atom. The van der Waals surface area contributed by atoms with Gasteiger partial charge in [-0.05, 0) is 6.42 Å². The van der Waals surface area contributed by atoms with Gasteiger partial charge in [-0.3, -0.25) is 4.79 Å². The van der Waals surface area contributed by atoms with Crippen molar-refractivity contribution in [3.8, 4) is 0 Å². The molecular weight excluding hydrogens is 172 g/mol. The number of allylic oxidation sites excluding steroid dienone is 3. The second-order valence-electron chi connectivity index (χ2n) is 2.40. The van der Waals surface area contributed by atoms with Gasteiger partial charge in [-0.2, -0.15) is 0 Å². The first-order valence-corrected chi connectivity index (χ1v) is 3.88. The van der Waals surface area contributed by atoms with Gasteiger partial charge >= 0.3 is 11.9 Å². The van der Waals surface area contributed by atoms with Crippen LogP contribution in [0.25, 0.3) is 0 Å². The second kappa shape index (κ2) is 5.99. The van der Waals surface area contributed by atoms with Gasteiger partial charge in [-0.1, -0.05) is 25.2 Å². The van der Waals surface area contributed by atoms with Crippen LogP contribution < -0.4 is 0 Å². The van der Waals surface area contributed by atoms with Gasteiger partial charge in [0.1, 0.15) is 0 Å². The molecular formula is C9H12O4. The first-order chi connectivity index (χ1) is 6.07. The van der Waals surface area contributed by atoms with Crippen LogP contribution in [0.2, 0.25) is 0 Å². The van der Waals surface area contributed by atoms with E-state index in [1.165, 1.54) is 6.08 Å². The molecule has 0 rings (SSSR count). The molecule has 72 valence electrons. The molecule has 0 aliphatic rings. The molecule has 0 radical (unpaired) electrons. The standard InChI is InChI=1S/C9H12O4/c1-2-3-4-5-7(9(12)13)6-8(10)11/h3-5H,2,6H2,1H3,(H,10,11)(H,12,13). The first kappa shape index (κ1) is 11.4. The van der Waals surface area contributed by atoms with Crippen molar-refractivity contribution in [1.82, 2.24) is 0 Å². The van der Waals surface area contributed by atoms with E-state index in [0.717, 1.165) is 6.42 Å². The zero-order valence-corrected chi connectivity index (χ0v) is 7.36. The Labute approximate surface area is 76.2 Å². The highest BCUT2D eigenvalue weighted by Crippen LogP contribution is 2.02. The predicted octanol–water partition coefficient (Wildman–Crippen LogP) is 1.44. The van der Waals surface area contributed by atoms with Crippen LogP contribution in [0.15, 0.2) is 23.8 Å². The quantitative estimate of drug-likeness (QED) is 0.500. The Balaban J connectivity index is 4.41. The number of aliphatic carboxylic acids is 2. The van der Waals surface area contributed by atoms with Gasteiger partial charge in [-0.25, -0.2) is 4.79 Å². The lowest BCUT2D eigenvalue weighted by atomic mass is 10.1. The Bertz CT molecular complexity index is 250. The fraction of sp³-hybridized carbons (Fsp3) is 0.333. The molecule has 0 bridgehead atoms. The zero-order valence-electron chi connectivity index (χ0n) is 7.36. The molecule has 0 aromatic rings. The van der Waals surface area contributed by atoms with Gasteiger partial charge in [0.15, 0.2) is 0 Å². The van der Waals surface area contributed by atoms with E-state index in [-0.39, 0.29) is 5.57 Å². The summed E-state index contributed by atoms with van der Waals surface area (Å²) in [5.74, 6) is -2.33. The third-order valence-electron chi connectivity index (χ3n) is 1.29. The molecule has 2 N–H and O–H groups in total. The SMILES string of the molecule is CCC=CC=C(CC(=O)O)C(=O)O. The maximum absolute atomic E-state index is 10.5. The van der Waals surface area contributed by atoms with Gasteiger partial charge in [0, 0.05) is 5.57 Å². The minimum absolute atomic E-state index is 0.114. The van der Waals surface area contributed by atoms with Crippen molar-refractivity contribution >= 4 is 11.9 Å². The van der Waals surface area contributed by atoms with Crippen molar-refractivity contribution in [2.45, 2.75) is 19.8 Å². The molecule has 0 saturated carbocycles. The summed E-state index contributed by atoms with van der Waals surface area (Å²) in [7, 11) is 0. The maximum Gasteiger partial charge on any atom is 0.332 e. The van der Waals surface area contributed by atoms with E-state index in [1.807, 2.05) is 6.92 Å². The van der Waals surface area contributed by atoms with Crippen LogP contribution in [0.3, 0.4) is 0 Å². The van der Waals surface area contributed by atoms with Crippen molar-refractivity contribution < 1.29 is 19.8 Å². The molecule has 4 heteroatoms. The first-order valence-electron chi connectivity index (χ1n) is 3.88. The van der Waals surface area contributed by atoms with E-state index >= 15 is 0 Å². The van der Waals surface area contributed by atoms with Crippen LogP contribution in [-0.2, 0) is 9.59 Å². The monoisotopic (exact) mass is 184 g/mol. The van der Waals surface area contributed by atoms with E-state index < -0.39 is 18.4 Å². The molecule has 0 aliphatic carbocycles. The van der Waals surface area contributed by atoms with Crippen LogP contribution >= 0.6 is 0 Å². The summed E-state index contributed by atoms with van der Waals surface area (Å²) in [6, 6.07) is 0. The van der Waals surface area contributed by atoms with Gasteiger partial charge < -0.3 is 10.2 Å². The highest BCUT2D eigenvalue weighted by Gasteiger charge is 2.09. The molecule has 0 fully saturated rings. The van der Waals surface area contributed by atoms with Crippen LogP contribution in [0.5, 0.6) is 0 Å². The third kappa shape index (κ3) is 5.66. The number of hydrogen-bond donors (Lipinski definition) is 2. The Hall–Kier alpha value is -1.58. The minimum Gasteiger partial charge on any atom is -0.481 e. The summed E-state index contributed by atoms with van der Waals surface area (Å²) in [6.45, 7) is 1.90. The third-order valence-corrected chi connectivity index (χ3v) is 1.29. The minimum atomic E-state index is -1.19. The van der Waals surface area contributed by atoms with Crippen molar-refractivity contribution in [1.29, 1.82) is 0 Å². The number of carboxylic acids is 2. The van der Waals surface area contributed by atoms with Crippen LogP contribution in [-0.4, -0.2) is 22.2 Å². The largest absolute Gasteiger partial charge is 0.481 e. The van der Waals surface area contributed by atoms with E-state index in [1.54, 1.807) is 12.2 Å². The summed E-state index contributed by atoms with van der Waals surface area (Å²) in [5, 5.41) is 16.9. The second-order valence-corrected chi connectivity index (χ2v) is 2.40. The molecule has 0 aliphatic heterocycles. The van der Waals surface area contributed by atoms with Crippen molar-refractivity contribution in [3.63, 3.8) is 0 Å². The van der Waals surface area contributed by atoms with Crippen LogP contribution in [0, 0.1) is 0 Å². The fourth-order valence-corrected chi connectivity index (χ4v) is 0.689.